The van der Waals surface area contributed by atoms with E-state index in [0.717, 1.165) is 47.0 Å². The van der Waals surface area contributed by atoms with Gasteiger partial charge in [0.05, 0.1) is 11.2 Å². The van der Waals surface area contributed by atoms with Crippen molar-refractivity contribution in [1.29, 1.82) is 0 Å². The summed E-state index contributed by atoms with van der Waals surface area (Å²) in [6.45, 7) is 5.43. The van der Waals surface area contributed by atoms with Crippen molar-refractivity contribution in [1.82, 2.24) is 19.9 Å². The van der Waals surface area contributed by atoms with Gasteiger partial charge < -0.3 is 9.80 Å². The van der Waals surface area contributed by atoms with Gasteiger partial charge in [-0.15, -0.1) is 11.3 Å². The van der Waals surface area contributed by atoms with Gasteiger partial charge in [0.2, 0.25) is 5.95 Å². The number of rotatable bonds is 3. The van der Waals surface area contributed by atoms with Crippen LogP contribution in [-0.2, 0) is 0 Å². The fourth-order valence-corrected chi connectivity index (χ4v) is 5.18. The molecule has 1 amide bonds. The number of hydrogen-bond acceptors (Lipinski definition) is 6. The van der Waals surface area contributed by atoms with Crippen LogP contribution < -0.4 is 4.90 Å². The number of hydrogen-bond donors (Lipinski definition) is 0. The van der Waals surface area contributed by atoms with Crippen LogP contribution in [0, 0.1) is 13.8 Å². The summed E-state index contributed by atoms with van der Waals surface area (Å²) in [5, 5.41) is 1.99. The van der Waals surface area contributed by atoms with Gasteiger partial charge in [0.15, 0.2) is 0 Å². The number of aryl methyl sites for hydroxylation is 2. The standard InChI is InChI=1S/C22H23N5OS/c1-14-9-15(2)25-22(24-14)27-16-7-8-17(27)11-26(10-16)21(28)19-6-4-3-5-18(19)20-12-29-13-23-20/h3-6,9,12-13,16-17H,7-8,10-11H2,1-2H3. The van der Waals surface area contributed by atoms with E-state index in [-0.39, 0.29) is 18.0 Å². The van der Waals surface area contributed by atoms with Crippen molar-refractivity contribution < 1.29 is 4.79 Å². The molecule has 0 N–H and O–H groups in total. The van der Waals surface area contributed by atoms with E-state index < -0.39 is 0 Å². The molecule has 2 atom stereocenters. The van der Waals surface area contributed by atoms with E-state index >= 15 is 0 Å². The highest BCUT2D eigenvalue weighted by Gasteiger charge is 2.43. The largest absolute Gasteiger partial charge is 0.334 e. The molecule has 0 spiro atoms. The smallest absolute Gasteiger partial charge is 0.254 e. The number of anilines is 1. The van der Waals surface area contributed by atoms with Gasteiger partial charge in [-0.05, 0) is 38.8 Å². The van der Waals surface area contributed by atoms with Crippen molar-refractivity contribution in [2.75, 3.05) is 18.0 Å². The first kappa shape index (κ1) is 18.2. The van der Waals surface area contributed by atoms with Gasteiger partial charge in [-0.2, -0.15) is 0 Å². The van der Waals surface area contributed by atoms with Crippen LogP contribution in [0.5, 0.6) is 0 Å². The second-order valence-electron chi connectivity index (χ2n) is 7.87. The van der Waals surface area contributed by atoms with E-state index in [9.17, 15) is 4.79 Å². The Labute approximate surface area is 174 Å². The van der Waals surface area contributed by atoms with Crippen molar-refractivity contribution in [2.24, 2.45) is 0 Å². The Morgan fingerprint density at radius 2 is 1.76 bits per heavy atom. The summed E-state index contributed by atoms with van der Waals surface area (Å²) in [5.41, 5.74) is 6.29. The lowest BCUT2D eigenvalue weighted by Crippen LogP contribution is -2.56. The van der Waals surface area contributed by atoms with Gasteiger partial charge in [-0.1, -0.05) is 18.2 Å². The maximum Gasteiger partial charge on any atom is 0.254 e. The molecule has 29 heavy (non-hydrogen) atoms. The minimum Gasteiger partial charge on any atom is -0.334 e. The zero-order chi connectivity index (χ0) is 20.0. The Kier molecular flexibility index (Phi) is 4.54. The van der Waals surface area contributed by atoms with Crippen LogP contribution in [-0.4, -0.2) is 50.9 Å². The SMILES string of the molecule is Cc1cc(C)nc(N2C3CCC2CN(C(=O)c2ccccc2-c2cscn2)C3)n1. The van der Waals surface area contributed by atoms with Crippen molar-refractivity contribution in [3.63, 3.8) is 0 Å². The Bertz CT molecular complexity index is 1020. The first-order valence-electron chi connectivity index (χ1n) is 9.97. The molecule has 0 radical (unpaired) electrons. The highest BCUT2D eigenvalue weighted by atomic mass is 32.1. The lowest BCUT2D eigenvalue weighted by atomic mass is 10.0. The number of fused-ring (bicyclic) bond motifs is 2. The monoisotopic (exact) mass is 405 g/mol. The summed E-state index contributed by atoms with van der Waals surface area (Å²) in [5.74, 6) is 0.900. The summed E-state index contributed by atoms with van der Waals surface area (Å²) in [6, 6.07) is 10.3. The Balaban J connectivity index is 1.41. The molecule has 6 nitrogen and oxygen atoms in total. The number of carbonyl (C=O) groups excluding carboxylic acids is 1. The van der Waals surface area contributed by atoms with Crippen LogP contribution >= 0.6 is 11.3 Å². The van der Waals surface area contributed by atoms with Crippen LogP contribution in [0.25, 0.3) is 11.3 Å². The average Bonchev–Trinajstić information content (AvgIpc) is 3.33. The molecule has 0 aliphatic carbocycles. The van der Waals surface area contributed by atoms with Crippen LogP contribution in [0.15, 0.2) is 41.2 Å². The van der Waals surface area contributed by atoms with Gasteiger partial charge in [0.1, 0.15) is 0 Å². The lowest BCUT2D eigenvalue weighted by Gasteiger charge is -2.41. The molecule has 4 heterocycles. The van der Waals surface area contributed by atoms with Crippen LogP contribution in [0.3, 0.4) is 0 Å². The molecule has 148 valence electrons. The third-order valence-corrected chi connectivity index (χ3v) is 6.42. The fraction of sp³-hybridized carbons (Fsp3) is 0.364. The topological polar surface area (TPSA) is 62.2 Å². The molecule has 2 unspecified atom stereocenters. The van der Waals surface area contributed by atoms with Crippen molar-refractivity contribution in [2.45, 2.75) is 38.8 Å². The number of thiazole rings is 1. The lowest BCUT2D eigenvalue weighted by molar-refractivity contribution is 0.0717. The average molecular weight is 406 g/mol. The molecular weight excluding hydrogens is 382 g/mol. The first-order valence-corrected chi connectivity index (χ1v) is 10.9. The van der Waals surface area contributed by atoms with Gasteiger partial charge >= 0.3 is 0 Å². The second-order valence-corrected chi connectivity index (χ2v) is 8.59. The van der Waals surface area contributed by atoms with Gasteiger partial charge in [0.25, 0.3) is 5.91 Å². The highest BCUT2D eigenvalue weighted by molar-refractivity contribution is 7.07. The molecule has 2 bridgehead atoms. The summed E-state index contributed by atoms with van der Waals surface area (Å²) < 4.78 is 0. The molecule has 2 fully saturated rings. The summed E-state index contributed by atoms with van der Waals surface area (Å²) in [4.78, 5) is 31.6. The number of benzene rings is 1. The van der Waals surface area contributed by atoms with Gasteiger partial charge in [-0.3, -0.25) is 4.79 Å². The Morgan fingerprint density at radius 3 is 2.41 bits per heavy atom. The zero-order valence-electron chi connectivity index (χ0n) is 16.6. The van der Waals surface area contributed by atoms with E-state index in [1.807, 2.05) is 54.5 Å². The molecule has 7 heteroatoms. The third-order valence-electron chi connectivity index (χ3n) is 5.84. The van der Waals surface area contributed by atoms with Gasteiger partial charge in [-0.25, -0.2) is 15.0 Å². The van der Waals surface area contributed by atoms with E-state index in [0.29, 0.717) is 13.1 Å². The number of amides is 1. The maximum absolute atomic E-state index is 13.4. The number of likely N-dealkylation sites (tertiary alicyclic amines) is 1. The predicted molar refractivity (Wildman–Crippen MR) is 114 cm³/mol. The molecule has 2 aromatic heterocycles. The number of aromatic nitrogens is 3. The summed E-state index contributed by atoms with van der Waals surface area (Å²) in [7, 11) is 0. The van der Waals surface area contributed by atoms with Crippen molar-refractivity contribution in [3.8, 4) is 11.3 Å². The second kappa shape index (κ2) is 7.22. The minimum atomic E-state index is 0.0893. The summed E-state index contributed by atoms with van der Waals surface area (Å²) in [6.07, 6.45) is 2.14. The maximum atomic E-state index is 13.4. The molecule has 2 saturated heterocycles. The normalized spacial score (nSPS) is 20.9. The van der Waals surface area contributed by atoms with Crippen molar-refractivity contribution in [3.05, 3.63) is 58.2 Å². The van der Waals surface area contributed by atoms with Crippen molar-refractivity contribution >= 4 is 23.2 Å². The van der Waals surface area contributed by atoms with E-state index in [4.69, 9.17) is 0 Å². The van der Waals surface area contributed by atoms with Crippen LogP contribution in [0.4, 0.5) is 5.95 Å². The number of nitrogens with zero attached hydrogens (tertiary/aromatic N) is 5. The number of piperazine rings is 1. The Morgan fingerprint density at radius 1 is 1.07 bits per heavy atom. The zero-order valence-corrected chi connectivity index (χ0v) is 17.4. The Hall–Kier alpha value is -2.80. The van der Waals surface area contributed by atoms with Crippen LogP contribution in [0.2, 0.25) is 0 Å². The van der Waals surface area contributed by atoms with Gasteiger partial charge in [0, 0.05) is 53.1 Å². The first-order chi connectivity index (χ1) is 14.1. The third kappa shape index (κ3) is 3.29. The molecule has 1 aromatic carbocycles. The van der Waals surface area contributed by atoms with Crippen LogP contribution in [0.1, 0.15) is 34.6 Å². The number of carbonyl (C=O) groups is 1. The quantitative estimate of drug-likeness (QED) is 0.665. The summed E-state index contributed by atoms with van der Waals surface area (Å²) >= 11 is 1.54. The van der Waals surface area contributed by atoms with E-state index in [2.05, 4.69) is 19.9 Å². The molecule has 3 aromatic rings. The predicted octanol–water partition coefficient (Wildman–Crippen LogP) is 3.71. The van der Waals surface area contributed by atoms with E-state index in [1.165, 1.54) is 0 Å². The fourth-order valence-electron chi connectivity index (χ4n) is 4.63. The molecular formula is C22H23N5OS. The molecule has 5 rings (SSSR count). The minimum absolute atomic E-state index is 0.0893. The molecule has 2 aliphatic rings. The van der Waals surface area contributed by atoms with E-state index in [1.54, 1.807) is 16.8 Å². The highest BCUT2D eigenvalue weighted by Crippen LogP contribution is 2.34. The molecule has 0 saturated carbocycles. The molecule has 2 aliphatic heterocycles.